The Kier molecular flexibility index (Phi) is 3.31. The molecule has 4 heteroatoms. The molecule has 0 amide bonds. The molecule has 4 nitrogen and oxygen atoms in total. The third kappa shape index (κ3) is 2.13. The van der Waals surface area contributed by atoms with Crippen molar-refractivity contribution in [1.29, 1.82) is 0 Å². The van der Waals surface area contributed by atoms with Crippen molar-refractivity contribution in [3.05, 3.63) is 23.8 Å². The van der Waals surface area contributed by atoms with E-state index in [1.54, 1.807) is 0 Å². The fraction of sp³-hybridized carbons (Fsp3) is 0.500. The molecule has 0 spiro atoms. The molecule has 1 aromatic carbocycles. The van der Waals surface area contributed by atoms with E-state index in [9.17, 15) is 10.4 Å². The van der Waals surface area contributed by atoms with Crippen molar-refractivity contribution >= 4 is 11.4 Å². The van der Waals surface area contributed by atoms with Crippen LogP contribution < -0.4 is 10.1 Å². The van der Waals surface area contributed by atoms with Crippen LogP contribution >= 0.6 is 0 Å². The number of aryl methyl sites for hydroxylation is 1. The van der Waals surface area contributed by atoms with Gasteiger partial charge in [-0.25, -0.2) is 0 Å². The van der Waals surface area contributed by atoms with Gasteiger partial charge in [-0.3, -0.25) is 10.4 Å². The summed E-state index contributed by atoms with van der Waals surface area (Å²) in [7, 11) is 0. The van der Waals surface area contributed by atoms with Gasteiger partial charge in [0.1, 0.15) is 5.69 Å². The topological polar surface area (TPSA) is 46.9 Å². The maximum atomic E-state index is 9.25. The smallest absolute Gasteiger partial charge is 0.118 e. The summed E-state index contributed by atoms with van der Waals surface area (Å²) in [5.41, 5.74) is 2.48. The van der Waals surface area contributed by atoms with Gasteiger partial charge in [0.05, 0.1) is 5.69 Å². The average molecular weight is 222 g/mol. The minimum Gasteiger partial charge on any atom is -0.370 e. The minimum absolute atomic E-state index is 0.229. The van der Waals surface area contributed by atoms with Crippen molar-refractivity contribution in [1.82, 2.24) is 0 Å². The van der Waals surface area contributed by atoms with E-state index in [0.717, 1.165) is 30.8 Å². The highest BCUT2D eigenvalue weighted by Gasteiger charge is 2.18. The van der Waals surface area contributed by atoms with Crippen LogP contribution in [0.3, 0.4) is 0 Å². The third-order valence-corrected chi connectivity index (χ3v) is 3.11. The summed E-state index contributed by atoms with van der Waals surface area (Å²) in [6.45, 7) is 4.03. The Bertz CT molecular complexity index is 360. The van der Waals surface area contributed by atoms with E-state index >= 15 is 0 Å². The molecule has 16 heavy (non-hydrogen) atoms. The quantitative estimate of drug-likeness (QED) is 0.771. The molecule has 1 aliphatic rings. The average Bonchev–Trinajstić information content (AvgIpc) is 2.81. The molecule has 1 saturated heterocycles. The van der Waals surface area contributed by atoms with Crippen molar-refractivity contribution in [2.24, 2.45) is 0 Å². The highest BCUT2D eigenvalue weighted by Crippen LogP contribution is 2.31. The van der Waals surface area contributed by atoms with E-state index in [1.807, 2.05) is 25.1 Å². The summed E-state index contributed by atoms with van der Waals surface area (Å²) >= 11 is 0. The zero-order chi connectivity index (χ0) is 11.5. The van der Waals surface area contributed by atoms with E-state index in [1.165, 1.54) is 12.8 Å². The summed E-state index contributed by atoms with van der Waals surface area (Å²) in [6, 6.07) is 5.84. The fourth-order valence-electron chi connectivity index (χ4n) is 2.17. The van der Waals surface area contributed by atoms with E-state index in [2.05, 4.69) is 4.90 Å². The lowest BCUT2D eigenvalue weighted by Gasteiger charge is -2.23. The maximum absolute atomic E-state index is 9.25. The summed E-state index contributed by atoms with van der Waals surface area (Å²) in [5, 5.41) is 18.7. The largest absolute Gasteiger partial charge is 0.370 e. The van der Waals surface area contributed by atoms with Gasteiger partial charge < -0.3 is 4.90 Å². The van der Waals surface area contributed by atoms with Gasteiger partial charge in [-0.1, -0.05) is 13.0 Å². The Hall–Kier alpha value is -1.26. The molecule has 0 aromatic heterocycles. The number of hydrogen-bond donors (Lipinski definition) is 2. The Morgan fingerprint density at radius 1 is 1.25 bits per heavy atom. The van der Waals surface area contributed by atoms with Crippen molar-refractivity contribution in [2.75, 3.05) is 23.2 Å². The number of hydrogen-bond acceptors (Lipinski definition) is 4. The normalized spacial score (nSPS) is 15.6. The lowest BCUT2D eigenvalue weighted by atomic mass is 10.1. The SMILES string of the molecule is CCc1ccc(N2CCCC2)c(N(O)O)c1. The molecule has 2 N–H and O–H groups in total. The Morgan fingerprint density at radius 3 is 2.50 bits per heavy atom. The first-order chi connectivity index (χ1) is 7.72. The second-order valence-corrected chi connectivity index (χ2v) is 4.16. The van der Waals surface area contributed by atoms with E-state index in [0.29, 0.717) is 5.69 Å². The van der Waals surface area contributed by atoms with E-state index < -0.39 is 0 Å². The Balaban J connectivity index is 2.35. The van der Waals surface area contributed by atoms with E-state index in [-0.39, 0.29) is 5.23 Å². The highest BCUT2D eigenvalue weighted by molar-refractivity contribution is 5.70. The zero-order valence-corrected chi connectivity index (χ0v) is 9.56. The van der Waals surface area contributed by atoms with Gasteiger partial charge in [0.25, 0.3) is 0 Å². The third-order valence-electron chi connectivity index (χ3n) is 3.11. The van der Waals surface area contributed by atoms with E-state index in [4.69, 9.17) is 0 Å². The highest BCUT2D eigenvalue weighted by atomic mass is 16.8. The molecular formula is C12H18N2O2. The molecule has 2 rings (SSSR count). The van der Waals surface area contributed by atoms with Gasteiger partial charge in [-0.05, 0) is 37.0 Å². The number of nitrogens with zero attached hydrogens (tertiary/aromatic N) is 2. The van der Waals surface area contributed by atoms with Crippen LogP contribution in [0.1, 0.15) is 25.3 Å². The minimum atomic E-state index is 0.229. The van der Waals surface area contributed by atoms with Gasteiger partial charge in [-0.15, -0.1) is 5.23 Å². The molecule has 0 atom stereocenters. The van der Waals surface area contributed by atoms with Gasteiger partial charge >= 0.3 is 0 Å². The van der Waals surface area contributed by atoms with Crippen LogP contribution in [0.25, 0.3) is 0 Å². The maximum Gasteiger partial charge on any atom is 0.118 e. The molecule has 0 aliphatic carbocycles. The van der Waals surface area contributed by atoms with Gasteiger partial charge in [0, 0.05) is 13.1 Å². The summed E-state index contributed by atoms with van der Waals surface area (Å²) < 4.78 is 0. The monoisotopic (exact) mass is 222 g/mol. The fourth-order valence-corrected chi connectivity index (χ4v) is 2.17. The standard InChI is InChI=1S/C12H18N2O2/c1-2-10-5-6-11(12(9-10)14(15)16)13-7-3-4-8-13/h5-6,9,15-16H,2-4,7-8H2,1H3. The predicted molar refractivity (Wildman–Crippen MR) is 63.3 cm³/mol. The van der Waals surface area contributed by atoms with Gasteiger partial charge in [0.2, 0.25) is 0 Å². The molecule has 0 radical (unpaired) electrons. The van der Waals surface area contributed by atoms with Gasteiger partial charge in [0.15, 0.2) is 0 Å². The number of rotatable bonds is 3. The van der Waals surface area contributed by atoms with Crippen LogP contribution in [0.2, 0.25) is 0 Å². The first-order valence-corrected chi connectivity index (χ1v) is 5.78. The van der Waals surface area contributed by atoms with Crippen molar-refractivity contribution in [3.63, 3.8) is 0 Å². The molecule has 1 aliphatic heterocycles. The van der Waals surface area contributed by atoms with Crippen LogP contribution in [0.4, 0.5) is 11.4 Å². The Labute approximate surface area is 95.6 Å². The molecule has 1 aromatic rings. The van der Waals surface area contributed by atoms with Crippen LogP contribution in [-0.4, -0.2) is 23.5 Å². The number of anilines is 2. The van der Waals surface area contributed by atoms with Crippen LogP contribution in [0.5, 0.6) is 0 Å². The molecular weight excluding hydrogens is 204 g/mol. The first-order valence-electron chi connectivity index (χ1n) is 5.78. The second-order valence-electron chi connectivity index (χ2n) is 4.16. The lowest BCUT2D eigenvalue weighted by Crippen LogP contribution is -2.22. The molecule has 0 bridgehead atoms. The summed E-state index contributed by atoms with van der Waals surface area (Å²) in [5.74, 6) is 0. The van der Waals surface area contributed by atoms with Crippen LogP contribution in [-0.2, 0) is 6.42 Å². The lowest BCUT2D eigenvalue weighted by molar-refractivity contribution is 0.0294. The van der Waals surface area contributed by atoms with Crippen molar-refractivity contribution in [3.8, 4) is 0 Å². The van der Waals surface area contributed by atoms with Crippen molar-refractivity contribution < 1.29 is 10.4 Å². The second kappa shape index (κ2) is 4.72. The first kappa shape index (κ1) is 11.2. The molecule has 88 valence electrons. The molecule has 1 fully saturated rings. The number of benzene rings is 1. The van der Waals surface area contributed by atoms with Gasteiger partial charge in [-0.2, -0.15) is 0 Å². The molecule has 1 heterocycles. The summed E-state index contributed by atoms with van der Waals surface area (Å²) in [6.07, 6.45) is 3.23. The summed E-state index contributed by atoms with van der Waals surface area (Å²) in [4.78, 5) is 2.19. The predicted octanol–water partition coefficient (Wildman–Crippen LogP) is 2.43. The van der Waals surface area contributed by atoms with Crippen LogP contribution in [0.15, 0.2) is 18.2 Å². The molecule has 0 unspecified atom stereocenters. The van der Waals surface area contributed by atoms with Crippen LogP contribution in [0, 0.1) is 0 Å². The zero-order valence-electron chi connectivity index (χ0n) is 9.56. The molecule has 0 saturated carbocycles. The van der Waals surface area contributed by atoms with Crippen molar-refractivity contribution in [2.45, 2.75) is 26.2 Å². The Morgan fingerprint density at radius 2 is 1.94 bits per heavy atom.